The third kappa shape index (κ3) is 4.31. The molecule has 1 aliphatic rings. The molecule has 1 aromatic rings. The lowest BCUT2D eigenvalue weighted by Crippen LogP contribution is -2.44. The van der Waals surface area contributed by atoms with E-state index >= 15 is 0 Å². The molecule has 1 aromatic carbocycles. The maximum atomic E-state index is 12.9. The van der Waals surface area contributed by atoms with Crippen molar-refractivity contribution < 1.29 is 4.39 Å². The molecular formula is C18H28FN. The minimum atomic E-state index is -0.151. The summed E-state index contributed by atoms with van der Waals surface area (Å²) < 4.78 is 12.9. The molecule has 0 heterocycles. The molecule has 0 amide bonds. The van der Waals surface area contributed by atoms with Crippen LogP contribution in [0.4, 0.5) is 4.39 Å². The summed E-state index contributed by atoms with van der Waals surface area (Å²) in [6, 6.07) is 7.52. The van der Waals surface area contributed by atoms with Crippen LogP contribution in [-0.2, 0) is 6.42 Å². The second kappa shape index (κ2) is 6.71. The van der Waals surface area contributed by atoms with Crippen molar-refractivity contribution in [2.75, 3.05) is 6.54 Å². The Morgan fingerprint density at radius 1 is 1.10 bits per heavy atom. The first-order chi connectivity index (χ1) is 9.47. The van der Waals surface area contributed by atoms with Gasteiger partial charge in [-0.3, -0.25) is 0 Å². The van der Waals surface area contributed by atoms with Gasteiger partial charge >= 0.3 is 0 Å². The molecule has 2 unspecified atom stereocenters. The van der Waals surface area contributed by atoms with E-state index in [2.05, 4.69) is 26.1 Å². The highest BCUT2D eigenvalue weighted by molar-refractivity contribution is 5.16. The molecule has 0 aromatic heterocycles. The van der Waals surface area contributed by atoms with Crippen molar-refractivity contribution in [3.05, 3.63) is 35.6 Å². The highest BCUT2D eigenvalue weighted by atomic mass is 19.1. The molecule has 2 rings (SSSR count). The van der Waals surface area contributed by atoms with Gasteiger partial charge in [0.25, 0.3) is 0 Å². The van der Waals surface area contributed by atoms with Crippen molar-refractivity contribution in [1.29, 1.82) is 0 Å². The second-order valence-corrected chi connectivity index (χ2v) is 7.19. The minimum absolute atomic E-state index is 0.151. The minimum Gasteiger partial charge on any atom is -0.313 e. The molecule has 1 nitrogen and oxygen atoms in total. The molecule has 1 N–H and O–H groups in total. The number of hydrogen-bond acceptors (Lipinski definition) is 1. The van der Waals surface area contributed by atoms with Crippen LogP contribution in [0.15, 0.2) is 24.3 Å². The summed E-state index contributed by atoms with van der Waals surface area (Å²) in [4.78, 5) is 0. The molecule has 0 spiro atoms. The van der Waals surface area contributed by atoms with Crippen molar-refractivity contribution in [2.45, 2.75) is 58.9 Å². The number of halogens is 1. The van der Waals surface area contributed by atoms with Crippen LogP contribution in [0, 0.1) is 17.2 Å². The smallest absolute Gasteiger partial charge is 0.123 e. The van der Waals surface area contributed by atoms with E-state index in [1.165, 1.54) is 31.2 Å². The first-order valence-electron chi connectivity index (χ1n) is 7.94. The fourth-order valence-electron chi connectivity index (χ4n) is 3.46. The molecule has 0 aliphatic heterocycles. The van der Waals surface area contributed by atoms with Gasteiger partial charge in [0.05, 0.1) is 0 Å². The van der Waals surface area contributed by atoms with Crippen LogP contribution < -0.4 is 5.32 Å². The zero-order valence-corrected chi connectivity index (χ0v) is 13.1. The number of rotatable bonds is 4. The fraction of sp³-hybridized carbons (Fsp3) is 0.667. The fourth-order valence-corrected chi connectivity index (χ4v) is 3.46. The third-order valence-electron chi connectivity index (χ3n) is 4.61. The quantitative estimate of drug-likeness (QED) is 0.850. The van der Waals surface area contributed by atoms with E-state index in [0.29, 0.717) is 11.5 Å². The van der Waals surface area contributed by atoms with Gasteiger partial charge in [-0.2, -0.15) is 0 Å². The normalized spacial score (nSPS) is 23.8. The van der Waals surface area contributed by atoms with Crippen LogP contribution in [0.5, 0.6) is 0 Å². The molecule has 1 saturated carbocycles. The summed E-state index contributed by atoms with van der Waals surface area (Å²) in [6.45, 7) is 8.07. The van der Waals surface area contributed by atoms with Gasteiger partial charge in [0.2, 0.25) is 0 Å². The largest absolute Gasteiger partial charge is 0.313 e. The maximum absolute atomic E-state index is 12.9. The van der Waals surface area contributed by atoms with Crippen molar-refractivity contribution in [3.8, 4) is 0 Å². The van der Waals surface area contributed by atoms with Crippen molar-refractivity contribution in [3.63, 3.8) is 0 Å². The van der Waals surface area contributed by atoms with Crippen LogP contribution >= 0.6 is 0 Å². The lowest BCUT2D eigenvalue weighted by atomic mass is 9.69. The molecule has 2 atom stereocenters. The van der Waals surface area contributed by atoms with E-state index in [1.54, 1.807) is 12.1 Å². The van der Waals surface area contributed by atoms with Crippen LogP contribution in [0.1, 0.15) is 52.0 Å². The summed E-state index contributed by atoms with van der Waals surface area (Å²) in [5.74, 6) is 0.617. The van der Waals surface area contributed by atoms with Crippen molar-refractivity contribution >= 4 is 0 Å². The molecule has 0 radical (unpaired) electrons. The van der Waals surface area contributed by atoms with Gasteiger partial charge in [0, 0.05) is 6.04 Å². The van der Waals surface area contributed by atoms with E-state index in [9.17, 15) is 4.39 Å². The highest BCUT2D eigenvalue weighted by Crippen LogP contribution is 2.37. The van der Waals surface area contributed by atoms with Crippen LogP contribution in [-0.4, -0.2) is 12.6 Å². The van der Waals surface area contributed by atoms with E-state index in [4.69, 9.17) is 0 Å². The van der Waals surface area contributed by atoms with E-state index in [0.717, 1.165) is 18.9 Å². The molecule has 1 aliphatic carbocycles. The molecule has 20 heavy (non-hydrogen) atoms. The Morgan fingerprint density at radius 3 is 2.40 bits per heavy atom. The summed E-state index contributed by atoms with van der Waals surface area (Å²) in [7, 11) is 0. The van der Waals surface area contributed by atoms with Gasteiger partial charge in [0.1, 0.15) is 5.82 Å². The van der Waals surface area contributed by atoms with E-state index in [1.807, 2.05) is 12.1 Å². The number of nitrogens with one attached hydrogen (secondary N) is 1. The molecule has 1 fully saturated rings. The Balaban J connectivity index is 1.84. The summed E-state index contributed by atoms with van der Waals surface area (Å²) in [5.41, 5.74) is 1.59. The SMILES string of the molecule is CC(C)(C)C1CCCCC1NCCc1ccc(F)cc1. The topological polar surface area (TPSA) is 12.0 Å². The Hall–Kier alpha value is -0.890. The lowest BCUT2D eigenvalue weighted by Gasteiger charge is -2.41. The van der Waals surface area contributed by atoms with Gasteiger partial charge in [0.15, 0.2) is 0 Å². The van der Waals surface area contributed by atoms with Crippen LogP contribution in [0.2, 0.25) is 0 Å². The molecule has 0 saturated heterocycles. The van der Waals surface area contributed by atoms with E-state index in [-0.39, 0.29) is 5.82 Å². The average Bonchev–Trinajstić information content (AvgIpc) is 2.40. The average molecular weight is 277 g/mol. The molecule has 112 valence electrons. The molecule has 2 heteroatoms. The van der Waals surface area contributed by atoms with Crippen molar-refractivity contribution in [1.82, 2.24) is 5.32 Å². The van der Waals surface area contributed by atoms with Crippen molar-refractivity contribution in [2.24, 2.45) is 11.3 Å². The predicted molar refractivity (Wildman–Crippen MR) is 83.3 cm³/mol. The first-order valence-corrected chi connectivity index (χ1v) is 7.94. The number of benzene rings is 1. The Labute approximate surface area is 123 Å². The second-order valence-electron chi connectivity index (χ2n) is 7.19. The monoisotopic (exact) mass is 277 g/mol. The summed E-state index contributed by atoms with van der Waals surface area (Å²) in [5, 5.41) is 3.75. The predicted octanol–water partition coefficient (Wildman–Crippen LogP) is 4.56. The van der Waals surface area contributed by atoms with Gasteiger partial charge in [-0.25, -0.2) is 4.39 Å². The Morgan fingerprint density at radius 2 is 1.75 bits per heavy atom. The summed E-state index contributed by atoms with van der Waals surface area (Å²) >= 11 is 0. The highest BCUT2D eigenvalue weighted by Gasteiger charge is 2.33. The molecule has 0 bridgehead atoms. The first kappa shape index (κ1) is 15.5. The zero-order valence-electron chi connectivity index (χ0n) is 13.1. The van der Waals surface area contributed by atoms with Crippen LogP contribution in [0.25, 0.3) is 0 Å². The van der Waals surface area contributed by atoms with Gasteiger partial charge in [-0.15, -0.1) is 0 Å². The van der Waals surface area contributed by atoms with Gasteiger partial charge < -0.3 is 5.32 Å². The van der Waals surface area contributed by atoms with Gasteiger partial charge in [-0.05, 0) is 54.8 Å². The Kier molecular flexibility index (Phi) is 5.20. The van der Waals surface area contributed by atoms with Crippen LogP contribution in [0.3, 0.4) is 0 Å². The third-order valence-corrected chi connectivity index (χ3v) is 4.61. The number of hydrogen-bond donors (Lipinski definition) is 1. The van der Waals surface area contributed by atoms with Gasteiger partial charge in [-0.1, -0.05) is 45.7 Å². The van der Waals surface area contributed by atoms with E-state index < -0.39 is 0 Å². The Bertz CT molecular complexity index is 404. The zero-order chi connectivity index (χ0) is 14.6. The summed E-state index contributed by atoms with van der Waals surface area (Å²) in [6.07, 6.45) is 6.34. The molecular weight excluding hydrogens is 249 g/mol. The lowest BCUT2D eigenvalue weighted by molar-refractivity contribution is 0.131. The maximum Gasteiger partial charge on any atom is 0.123 e. The standard InChI is InChI=1S/C18H28FN/c1-18(2,3)16-6-4-5-7-17(16)20-13-12-14-8-10-15(19)11-9-14/h8-11,16-17,20H,4-7,12-13H2,1-3H3.